The molecular weight excluding hydrogens is 272 g/mol. The van der Waals surface area contributed by atoms with Crippen LogP contribution in [0, 0.1) is 0 Å². The van der Waals surface area contributed by atoms with Crippen molar-refractivity contribution in [1.29, 1.82) is 0 Å². The van der Waals surface area contributed by atoms with Gasteiger partial charge in [-0.2, -0.15) is 5.10 Å². The average Bonchev–Trinajstić information content (AvgIpc) is 2.84. The number of hydrogen-bond donors (Lipinski definition) is 1. The van der Waals surface area contributed by atoms with Crippen molar-refractivity contribution < 1.29 is 9.90 Å². The number of benzene rings is 2. The Morgan fingerprint density at radius 3 is 2.60 bits per heavy atom. The van der Waals surface area contributed by atoms with E-state index in [0.29, 0.717) is 5.56 Å². The molecule has 3 aromatic rings. The number of rotatable bonds is 3. The van der Waals surface area contributed by atoms with Gasteiger partial charge in [0.2, 0.25) is 0 Å². The quantitative estimate of drug-likeness (QED) is 0.800. The highest BCUT2D eigenvalue weighted by Gasteiger charge is 2.12. The van der Waals surface area contributed by atoms with Crippen molar-refractivity contribution in [3.8, 4) is 0 Å². The van der Waals surface area contributed by atoms with Gasteiger partial charge in [-0.05, 0) is 22.9 Å². The fourth-order valence-electron chi connectivity index (χ4n) is 2.13. The first-order valence-corrected chi connectivity index (χ1v) is 6.88. The van der Waals surface area contributed by atoms with E-state index in [1.807, 2.05) is 43.6 Å². The summed E-state index contributed by atoms with van der Waals surface area (Å²) in [5, 5.41) is 15.1. The van der Waals surface area contributed by atoms with Crippen molar-refractivity contribution in [2.45, 2.75) is 9.79 Å². The van der Waals surface area contributed by atoms with Gasteiger partial charge in [-0.25, -0.2) is 4.79 Å². The van der Waals surface area contributed by atoms with E-state index in [0.717, 1.165) is 20.6 Å². The zero-order valence-electron chi connectivity index (χ0n) is 10.8. The summed E-state index contributed by atoms with van der Waals surface area (Å²) in [6.07, 6.45) is 3.73. The molecule has 0 saturated carbocycles. The Morgan fingerprint density at radius 1 is 1.20 bits per heavy atom. The van der Waals surface area contributed by atoms with Crippen LogP contribution in [0.1, 0.15) is 10.4 Å². The lowest BCUT2D eigenvalue weighted by atomic mass is 10.0. The molecule has 1 N–H and O–H groups in total. The standard InChI is InChI=1S/C15H12N2O2S/c1-17-9-10(8-16-17)20-14-7-6-13(15(18)19)11-4-2-3-5-12(11)14/h2-9H,1H3,(H,18,19). The smallest absolute Gasteiger partial charge is 0.336 e. The highest BCUT2D eigenvalue weighted by Crippen LogP contribution is 2.34. The number of carbonyl (C=O) groups is 1. The molecule has 0 aliphatic heterocycles. The Morgan fingerprint density at radius 2 is 1.95 bits per heavy atom. The summed E-state index contributed by atoms with van der Waals surface area (Å²) in [6.45, 7) is 0. The number of aromatic nitrogens is 2. The van der Waals surface area contributed by atoms with E-state index in [9.17, 15) is 9.90 Å². The van der Waals surface area contributed by atoms with Gasteiger partial charge in [0.25, 0.3) is 0 Å². The number of hydrogen-bond acceptors (Lipinski definition) is 3. The predicted octanol–water partition coefficient (Wildman–Crippen LogP) is 3.42. The highest BCUT2D eigenvalue weighted by atomic mass is 32.2. The second-order valence-electron chi connectivity index (χ2n) is 4.41. The molecular formula is C15H12N2O2S. The van der Waals surface area contributed by atoms with Gasteiger partial charge in [0.15, 0.2) is 0 Å². The molecule has 0 fully saturated rings. The van der Waals surface area contributed by atoms with Gasteiger partial charge in [0.05, 0.1) is 16.7 Å². The minimum atomic E-state index is -0.904. The number of carboxylic acids is 1. The van der Waals surface area contributed by atoms with Crippen molar-refractivity contribution in [3.05, 3.63) is 54.4 Å². The molecule has 0 unspecified atom stereocenters. The molecule has 0 bridgehead atoms. The third-order valence-electron chi connectivity index (χ3n) is 3.02. The Kier molecular flexibility index (Phi) is 3.20. The van der Waals surface area contributed by atoms with Crippen LogP contribution in [-0.4, -0.2) is 20.9 Å². The number of carboxylic acid groups (broad SMARTS) is 1. The molecule has 5 heteroatoms. The van der Waals surface area contributed by atoms with Crippen molar-refractivity contribution in [1.82, 2.24) is 9.78 Å². The third-order valence-corrected chi connectivity index (χ3v) is 4.05. The lowest BCUT2D eigenvalue weighted by Gasteiger charge is -2.07. The zero-order valence-corrected chi connectivity index (χ0v) is 11.6. The lowest BCUT2D eigenvalue weighted by molar-refractivity contribution is 0.0699. The van der Waals surface area contributed by atoms with Gasteiger partial charge in [-0.15, -0.1) is 0 Å². The zero-order chi connectivity index (χ0) is 14.1. The fourth-order valence-corrected chi connectivity index (χ4v) is 3.11. The molecule has 0 radical (unpaired) electrons. The van der Waals surface area contributed by atoms with Crippen molar-refractivity contribution in [2.24, 2.45) is 7.05 Å². The second-order valence-corrected chi connectivity index (χ2v) is 5.53. The van der Waals surface area contributed by atoms with E-state index in [1.165, 1.54) is 0 Å². The Bertz CT molecular complexity index is 795. The maximum absolute atomic E-state index is 11.3. The number of nitrogens with zero attached hydrogens (tertiary/aromatic N) is 2. The first-order chi connectivity index (χ1) is 9.65. The van der Waals surface area contributed by atoms with E-state index in [1.54, 1.807) is 28.7 Å². The van der Waals surface area contributed by atoms with Crippen LogP contribution < -0.4 is 0 Å². The number of aromatic carboxylic acids is 1. The van der Waals surface area contributed by atoms with Crippen LogP contribution in [0.5, 0.6) is 0 Å². The molecule has 1 aromatic heterocycles. The number of aryl methyl sites for hydroxylation is 1. The first-order valence-electron chi connectivity index (χ1n) is 6.06. The lowest BCUT2D eigenvalue weighted by Crippen LogP contribution is -1.97. The van der Waals surface area contributed by atoms with Crippen LogP contribution in [0.25, 0.3) is 10.8 Å². The van der Waals surface area contributed by atoms with E-state index < -0.39 is 5.97 Å². The van der Waals surface area contributed by atoms with Crippen LogP contribution in [0.3, 0.4) is 0 Å². The highest BCUT2D eigenvalue weighted by molar-refractivity contribution is 7.99. The van der Waals surface area contributed by atoms with Gasteiger partial charge in [0.1, 0.15) is 0 Å². The normalized spacial score (nSPS) is 10.8. The van der Waals surface area contributed by atoms with E-state index in [4.69, 9.17) is 0 Å². The van der Waals surface area contributed by atoms with Gasteiger partial charge >= 0.3 is 5.97 Å². The Hall–Kier alpha value is -2.27. The summed E-state index contributed by atoms with van der Waals surface area (Å²) in [4.78, 5) is 13.3. The molecule has 0 spiro atoms. The van der Waals surface area contributed by atoms with Crippen LogP contribution in [0.4, 0.5) is 0 Å². The molecule has 100 valence electrons. The van der Waals surface area contributed by atoms with E-state index >= 15 is 0 Å². The summed E-state index contributed by atoms with van der Waals surface area (Å²) in [7, 11) is 1.87. The Balaban J connectivity index is 2.12. The second kappa shape index (κ2) is 5.02. The van der Waals surface area contributed by atoms with Crippen molar-refractivity contribution in [3.63, 3.8) is 0 Å². The van der Waals surface area contributed by atoms with Crippen molar-refractivity contribution >= 4 is 28.5 Å². The molecule has 4 nitrogen and oxygen atoms in total. The minimum Gasteiger partial charge on any atom is -0.478 e. The SMILES string of the molecule is Cn1cc(Sc2ccc(C(=O)O)c3ccccc23)cn1. The maximum atomic E-state index is 11.3. The summed E-state index contributed by atoms with van der Waals surface area (Å²) in [5.74, 6) is -0.904. The third kappa shape index (κ3) is 2.28. The summed E-state index contributed by atoms with van der Waals surface area (Å²) in [5.41, 5.74) is 0.330. The molecule has 2 aromatic carbocycles. The van der Waals surface area contributed by atoms with E-state index in [2.05, 4.69) is 5.10 Å². The Labute approximate surface area is 120 Å². The molecule has 20 heavy (non-hydrogen) atoms. The summed E-state index contributed by atoms with van der Waals surface area (Å²) >= 11 is 1.58. The van der Waals surface area contributed by atoms with Gasteiger partial charge in [0, 0.05) is 18.1 Å². The maximum Gasteiger partial charge on any atom is 0.336 e. The molecule has 3 rings (SSSR count). The minimum absolute atomic E-state index is 0.330. The molecule has 0 amide bonds. The van der Waals surface area contributed by atoms with Gasteiger partial charge in [-0.3, -0.25) is 4.68 Å². The number of fused-ring (bicyclic) bond motifs is 1. The van der Waals surface area contributed by atoms with Gasteiger partial charge < -0.3 is 5.11 Å². The first kappa shape index (κ1) is 12.7. The van der Waals surface area contributed by atoms with Crippen LogP contribution in [-0.2, 0) is 7.05 Å². The topological polar surface area (TPSA) is 55.1 Å². The monoisotopic (exact) mass is 284 g/mol. The summed E-state index contributed by atoms with van der Waals surface area (Å²) in [6, 6.07) is 11.1. The fraction of sp³-hybridized carbons (Fsp3) is 0.0667. The molecule has 0 aliphatic rings. The predicted molar refractivity (Wildman–Crippen MR) is 78.2 cm³/mol. The van der Waals surface area contributed by atoms with Crippen LogP contribution >= 0.6 is 11.8 Å². The van der Waals surface area contributed by atoms with Gasteiger partial charge in [-0.1, -0.05) is 36.0 Å². The summed E-state index contributed by atoms with van der Waals surface area (Å²) < 4.78 is 1.75. The molecule has 1 heterocycles. The van der Waals surface area contributed by atoms with E-state index in [-0.39, 0.29) is 0 Å². The largest absolute Gasteiger partial charge is 0.478 e. The molecule has 0 aliphatic carbocycles. The van der Waals surface area contributed by atoms with Crippen molar-refractivity contribution in [2.75, 3.05) is 0 Å². The van der Waals surface area contributed by atoms with Crippen LogP contribution in [0.15, 0.2) is 58.6 Å². The average molecular weight is 284 g/mol. The molecule has 0 atom stereocenters. The molecule has 0 saturated heterocycles. The van der Waals surface area contributed by atoms with Crippen LogP contribution in [0.2, 0.25) is 0 Å².